The highest BCUT2D eigenvalue weighted by atomic mass is 19.1. The highest BCUT2D eigenvalue weighted by Crippen LogP contribution is 2.35. The fourth-order valence-electron chi connectivity index (χ4n) is 4.77. The van der Waals surface area contributed by atoms with Crippen LogP contribution in [-0.2, 0) is 30.4 Å². The van der Waals surface area contributed by atoms with Gasteiger partial charge in [0.15, 0.2) is 5.78 Å². The number of halogens is 1. The molecule has 8 nitrogen and oxygen atoms in total. The number of esters is 1. The summed E-state index contributed by atoms with van der Waals surface area (Å²) in [5.41, 5.74) is 1.88. The van der Waals surface area contributed by atoms with Gasteiger partial charge < -0.3 is 14.9 Å². The largest absolute Gasteiger partial charge is 0.466 e. The van der Waals surface area contributed by atoms with Gasteiger partial charge in [0.1, 0.15) is 18.4 Å². The molecule has 2 aliphatic rings. The van der Waals surface area contributed by atoms with Gasteiger partial charge in [-0.3, -0.25) is 19.4 Å². The van der Waals surface area contributed by atoms with E-state index in [1.165, 1.54) is 6.42 Å². The number of carbonyl (C=O) groups is 3. The lowest BCUT2D eigenvalue weighted by molar-refractivity contribution is -0.153. The monoisotopic (exact) mass is 529 g/mol. The standard InChI is InChI=1S/C29H40FN3O5/c1-4-5-6-7-8-11-16-37-26(35)17-23(25(34)19-30)32-28(36)29(20(2)3)18-24(33-38-29)27-22-13-10-9-12-21(22)14-15-31-27/h10,13-15,20,23H,4-9,11-12,16-19H2,1-3H3,(H,32,36)/t23-,29?/m0/s1. The number of aromatic nitrogens is 1. The van der Waals surface area contributed by atoms with Crippen LogP contribution in [0.3, 0.4) is 0 Å². The number of allylic oxidation sites excluding steroid dienone is 1. The fourth-order valence-corrected chi connectivity index (χ4v) is 4.77. The predicted octanol–water partition coefficient (Wildman–Crippen LogP) is 4.88. The van der Waals surface area contributed by atoms with Crippen LogP contribution in [0.4, 0.5) is 4.39 Å². The molecule has 1 aromatic heterocycles. The molecule has 9 heteroatoms. The van der Waals surface area contributed by atoms with Gasteiger partial charge in [0, 0.05) is 24.1 Å². The van der Waals surface area contributed by atoms with E-state index < -0.39 is 42.4 Å². The van der Waals surface area contributed by atoms with E-state index in [1.54, 1.807) is 6.20 Å². The molecule has 1 unspecified atom stereocenters. The van der Waals surface area contributed by atoms with Crippen LogP contribution in [0.25, 0.3) is 6.08 Å². The molecule has 38 heavy (non-hydrogen) atoms. The molecule has 3 rings (SSSR count). The minimum absolute atomic E-state index is 0.132. The quantitative estimate of drug-likeness (QED) is 0.256. The van der Waals surface area contributed by atoms with E-state index in [0.717, 1.165) is 56.1 Å². The van der Waals surface area contributed by atoms with Crippen LogP contribution < -0.4 is 5.32 Å². The van der Waals surface area contributed by atoms with Crippen molar-refractivity contribution in [2.24, 2.45) is 11.1 Å². The second-order valence-electron chi connectivity index (χ2n) is 10.3. The summed E-state index contributed by atoms with van der Waals surface area (Å²) in [7, 11) is 0. The number of ether oxygens (including phenoxy) is 1. The summed E-state index contributed by atoms with van der Waals surface area (Å²) in [6, 6.07) is 0.623. The average molecular weight is 530 g/mol. The van der Waals surface area contributed by atoms with Gasteiger partial charge in [-0.15, -0.1) is 0 Å². The lowest BCUT2D eigenvalue weighted by Crippen LogP contribution is -2.55. The summed E-state index contributed by atoms with van der Waals surface area (Å²) in [5, 5.41) is 6.79. The van der Waals surface area contributed by atoms with Crippen molar-refractivity contribution < 1.29 is 28.3 Å². The second-order valence-corrected chi connectivity index (χ2v) is 10.3. The third-order valence-electron chi connectivity index (χ3n) is 7.24. The Morgan fingerprint density at radius 2 is 1.95 bits per heavy atom. The molecule has 0 radical (unpaired) electrons. The van der Waals surface area contributed by atoms with Crippen molar-refractivity contribution in [3.8, 4) is 0 Å². The van der Waals surface area contributed by atoms with Gasteiger partial charge in [0.05, 0.1) is 18.7 Å². The zero-order valence-electron chi connectivity index (χ0n) is 22.8. The summed E-state index contributed by atoms with van der Waals surface area (Å²) in [5.74, 6) is -2.50. The van der Waals surface area contributed by atoms with Crippen molar-refractivity contribution in [2.45, 2.75) is 96.6 Å². The van der Waals surface area contributed by atoms with E-state index in [-0.39, 0.29) is 18.9 Å². The molecule has 1 amide bonds. The van der Waals surface area contributed by atoms with E-state index in [2.05, 4.69) is 28.5 Å². The topological polar surface area (TPSA) is 107 Å². The number of hydrogen-bond donors (Lipinski definition) is 1. The molecule has 1 aliphatic carbocycles. The normalized spacial score (nSPS) is 18.9. The Kier molecular flexibility index (Phi) is 11.0. The van der Waals surface area contributed by atoms with Crippen molar-refractivity contribution in [2.75, 3.05) is 13.3 Å². The Balaban J connectivity index is 1.63. The first-order valence-electron chi connectivity index (χ1n) is 13.8. The number of nitrogens with one attached hydrogen (secondary N) is 1. The molecular weight excluding hydrogens is 489 g/mol. The number of oxime groups is 1. The third-order valence-corrected chi connectivity index (χ3v) is 7.24. The molecule has 2 atom stereocenters. The van der Waals surface area contributed by atoms with E-state index in [4.69, 9.17) is 9.57 Å². The van der Waals surface area contributed by atoms with Crippen molar-refractivity contribution in [3.63, 3.8) is 0 Å². The zero-order chi connectivity index (χ0) is 27.5. The van der Waals surface area contributed by atoms with Gasteiger partial charge in [-0.2, -0.15) is 0 Å². The van der Waals surface area contributed by atoms with Crippen LogP contribution in [0.1, 0.15) is 95.4 Å². The molecule has 0 saturated heterocycles. The smallest absolute Gasteiger partial charge is 0.308 e. The SMILES string of the molecule is CCCCCCCCOC(=O)C[C@H](NC(=O)C1(C(C)C)CC(c2nccc3c2C=CCC3)=NO1)C(=O)CF. The number of Topliss-reactive ketones (excluding diaryl/α,β-unsaturated/α-hetero) is 1. The van der Waals surface area contributed by atoms with E-state index in [1.807, 2.05) is 26.0 Å². The molecule has 1 aromatic rings. The Labute approximate surface area is 224 Å². The summed E-state index contributed by atoms with van der Waals surface area (Å²) in [4.78, 5) is 48.4. The van der Waals surface area contributed by atoms with Crippen molar-refractivity contribution >= 4 is 29.4 Å². The Bertz CT molecular complexity index is 1050. The van der Waals surface area contributed by atoms with E-state index in [9.17, 15) is 18.8 Å². The highest BCUT2D eigenvalue weighted by molar-refractivity contribution is 6.07. The van der Waals surface area contributed by atoms with Crippen LogP contribution in [0.5, 0.6) is 0 Å². The molecule has 2 heterocycles. The first-order valence-corrected chi connectivity index (χ1v) is 13.8. The van der Waals surface area contributed by atoms with Gasteiger partial charge >= 0.3 is 5.97 Å². The van der Waals surface area contributed by atoms with E-state index >= 15 is 0 Å². The number of amides is 1. The molecule has 0 aromatic carbocycles. The predicted molar refractivity (Wildman–Crippen MR) is 143 cm³/mol. The molecule has 0 fully saturated rings. The summed E-state index contributed by atoms with van der Waals surface area (Å²) < 4.78 is 18.6. The Morgan fingerprint density at radius 3 is 2.68 bits per heavy atom. The number of nitrogens with zero attached hydrogens (tertiary/aromatic N) is 2. The van der Waals surface area contributed by atoms with Crippen LogP contribution in [0.15, 0.2) is 23.5 Å². The molecule has 0 saturated carbocycles. The minimum Gasteiger partial charge on any atom is -0.466 e. The molecule has 1 N–H and O–H groups in total. The zero-order valence-corrected chi connectivity index (χ0v) is 22.8. The fraction of sp³-hybridized carbons (Fsp3) is 0.621. The third kappa shape index (κ3) is 7.26. The molecule has 0 spiro atoms. The van der Waals surface area contributed by atoms with Crippen molar-refractivity contribution in [1.82, 2.24) is 10.3 Å². The first kappa shape index (κ1) is 29.5. The minimum atomic E-state index is -1.42. The van der Waals surface area contributed by atoms with Crippen LogP contribution >= 0.6 is 0 Å². The maximum Gasteiger partial charge on any atom is 0.308 e. The Morgan fingerprint density at radius 1 is 1.18 bits per heavy atom. The number of unbranched alkanes of at least 4 members (excludes halogenated alkanes) is 5. The van der Waals surface area contributed by atoms with Gasteiger partial charge in [-0.25, -0.2) is 4.39 Å². The number of alkyl halides is 1. The van der Waals surface area contributed by atoms with Gasteiger partial charge in [0.2, 0.25) is 5.60 Å². The Hall–Kier alpha value is -3.10. The van der Waals surface area contributed by atoms with Crippen molar-refractivity contribution in [1.29, 1.82) is 0 Å². The maximum absolute atomic E-state index is 13.5. The first-order chi connectivity index (χ1) is 18.3. The maximum atomic E-state index is 13.5. The number of fused-ring (bicyclic) bond motifs is 1. The van der Waals surface area contributed by atoms with Gasteiger partial charge in [-0.1, -0.05) is 70.2 Å². The lowest BCUT2D eigenvalue weighted by Gasteiger charge is -2.30. The summed E-state index contributed by atoms with van der Waals surface area (Å²) >= 11 is 0. The van der Waals surface area contributed by atoms with E-state index in [0.29, 0.717) is 11.4 Å². The average Bonchev–Trinajstić information content (AvgIpc) is 3.38. The molecule has 208 valence electrons. The van der Waals surface area contributed by atoms with Crippen LogP contribution in [0, 0.1) is 5.92 Å². The number of carbonyl (C=O) groups excluding carboxylic acids is 3. The van der Waals surface area contributed by atoms with Crippen molar-refractivity contribution in [3.05, 3.63) is 35.2 Å². The summed E-state index contributed by atoms with van der Waals surface area (Å²) in [6.07, 6.45) is 13.6. The molecular formula is C29H40FN3O5. The van der Waals surface area contributed by atoms with Crippen LogP contribution in [-0.4, -0.2) is 53.3 Å². The number of hydrogen-bond acceptors (Lipinski definition) is 7. The number of rotatable bonds is 15. The second kappa shape index (κ2) is 14.2. The summed E-state index contributed by atoms with van der Waals surface area (Å²) in [6.45, 7) is 4.70. The van der Waals surface area contributed by atoms with Crippen LogP contribution in [0.2, 0.25) is 0 Å². The van der Waals surface area contributed by atoms with Gasteiger partial charge in [0.25, 0.3) is 5.91 Å². The van der Waals surface area contributed by atoms with Gasteiger partial charge in [-0.05, 0) is 30.9 Å². The molecule has 0 bridgehead atoms. The number of ketones is 1. The number of pyridine rings is 1. The molecule has 1 aliphatic heterocycles. The number of aryl methyl sites for hydroxylation is 1. The highest BCUT2D eigenvalue weighted by Gasteiger charge is 2.51. The lowest BCUT2D eigenvalue weighted by atomic mass is 9.83.